The third kappa shape index (κ3) is 1.47. The number of anilines is 1. The fraction of sp³-hybridized carbons (Fsp3) is 0.0909. The van der Waals surface area contributed by atoms with E-state index in [4.69, 9.17) is 17.3 Å². The molecule has 3 aromatic rings. The van der Waals surface area contributed by atoms with Crippen molar-refractivity contribution in [3.05, 3.63) is 29.4 Å². The number of nitrogen functional groups attached to an aromatic ring is 1. The molecule has 0 spiro atoms. The molecule has 0 saturated carbocycles. The maximum atomic E-state index is 6.09. The van der Waals surface area contributed by atoms with Gasteiger partial charge in [-0.25, -0.2) is 0 Å². The van der Waals surface area contributed by atoms with Crippen LogP contribution in [0.4, 0.5) is 5.82 Å². The standard InChI is InChI=1S/C11H10ClN5/c1-17-9(13)5-8(16-17)6-3-2-4-7-10(6)11(12)15-14-7/h2-5H,13H2,1H3,(H,14,15). The highest BCUT2D eigenvalue weighted by Gasteiger charge is 2.12. The van der Waals surface area contributed by atoms with Gasteiger partial charge in [0, 0.05) is 24.1 Å². The summed E-state index contributed by atoms with van der Waals surface area (Å²) in [6.45, 7) is 0. The molecule has 0 bridgehead atoms. The van der Waals surface area contributed by atoms with Crippen LogP contribution in [0, 0.1) is 0 Å². The molecular formula is C11H10ClN5. The number of hydrogen-bond donors (Lipinski definition) is 2. The highest BCUT2D eigenvalue weighted by Crippen LogP contribution is 2.31. The van der Waals surface area contributed by atoms with Crippen LogP contribution in [-0.4, -0.2) is 20.0 Å². The van der Waals surface area contributed by atoms with Crippen LogP contribution in [0.15, 0.2) is 24.3 Å². The number of fused-ring (bicyclic) bond motifs is 1. The average Bonchev–Trinajstić information content (AvgIpc) is 2.84. The first-order valence-corrected chi connectivity index (χ1v) is 5.47. The number of nitrogens with zero attached hydrogens (tertiary/aromatic N) is 3. The van der Waals surface area contributed by atoms with Crippen molar-refractivity contribution >= 4 is 28.3 Å². The summed E-state index contributed by atoms with van der Waals surface area (Å²) in [6.07, 6.45) is 0. The van der Waals surface area contributed by atoms with Gasteiger partial charge < -0.3 is 5.73 Å². The predicted molar refractivity (Wildman–Crippen MR) is 67.7 cm³/mol. The smallest absolute Gasteiger partial charge is 0.132 e. The van der Waals surface area contributed by atoms with Gasteiger partial charge in [0.15, 0.2) is 0 Å². The Morgan fingerprint density at radius 1 is 1.41 bits per heavy atom. The number of aromatic nitrogens is 4. The van der Waals surface area contributed by atoms with Gasteiger partial charge in [-0.15, -0.1) is 0 Å². The summed E-state index contributed by atoms with van der Waals surface area (Å²) in [7, 11) is 1.80. The first-order valence-electron chi connectivity index (χ1n) is 5.09. The zero-order chi connectivity index (χ0) is 12.0. The Balaban J connectivity index is 2.33. The summed E-state index contributed by atoms with van der Waals surface area (Å²) in [5.74, 6) is 0.608. The van der Waals surface area contributed by atoms with Crippen LogP contribution < -0.4 is 5.73 Å². The molecule has 1 aromatic carbocycles. The molecular weight excluding hydrogens is 238 g/mol. The van der Waals surface area contributed by atoms with Crippen molar-refractivity contribution in [1.29, 1.82) is 0 Å². The van der Waals surface area contributed by atoms with E-state index >= 15 is 0 Å². The Kier molecular flexibility index (Phi) is 2.09. The lowest BCUT2D eigenvalue weighted by Gasteiger charge is -1.98. The van der Waals surface area contributed by atoms with E-state index in [2.05, 4.69) is 15.3 Å². The molecule has 0 fully saturated rings. The van der Waals surface area contributed by atoms with E-state index in [1.165, 1.54) is 0 Å². The van der Waals surface area contributed by atoms with Crippen LogP contribution in [0.1, 0.15) is 0 Å². The maximum absolute atomic E-state index is 6.09. The van der Waals surface area contributed by atoms with Gasteiger partial charge in [0.2, 0.25) is 0 Å². The minimum absolute atomic E-state index is 0.514. The molecule has 0 atom stereocenters. The Hall–Kier alpha value is -2.01. The first-order chi connectivity index (χ1) is 8.16. The molecule has 5 nitrogen and oxygen atoms in total. The van der Waals surface area contributed by atoms with Crippen molar-refractivity contribution in [1.82, 2.24) is 20.0 Å². The number of aryl methyl sites for hydroxylation is 1. The molecule has 0 radical (unpaired) electrons. The second-order valence-corrected chi connectivity index (χ2v) is 4.19. The van der Waals surface area contributed by atoms with Crippen LogP contribution in [-0.2, 0) is 7.05 Å². The summed E-state index contributed by atoms with van der Waals surface area (Å²) in [5.41, 5.74) is 8.31. The summed E-state index contributed by atoms with van der Waals surface area (Å²) in [4.78, 5) is 0. The second-order valence-electron chi connectivity index (χ2n) is 3.82. The minimum Gasteiger partial charge on any atom is -0.384 e. The number of halogens is 1. The fourth-order valence-electron chi connectivity index (χ4n) is 1.86. The van der Waals surface area contributed by atoms with Gasteiger partial charge >= 0.3 is 0 Å². The molecule has 2 aromatic heterocycles. The van der Waals surface area contributed by atoms with Crippen LogP contribution in [0.2, 0.25) is 5.15 Å². The first kappa shape index (κ1) is 10.2. The Morgan fingerprint density at radius 3 is 2.94 bits per heavy atom. The van der Waals surface area contributed by atoms with Gasteiger partial charge in [-0.2, -0.15) is 10.2 Å². The predicted octanol–water partition coefficient (Wildman–Crippen LogP) is 2.20. The van der Waals surface area contributed by atoms with E-state index < -0.39 is 0 Å². The topological polar surface area (TPSA) is 72.5 Å². The largest absolute Gasteiger partial charge is 0.384 e. The molecule has 3 rings (SSSR count). The number of aromatic amines is 1. The highest BCUT2D eigenvalue weighted by molar-refractivity contribution is 6.35. The SMILES string of the molecule is Cn1nc(-c2cccc3n[nH]c(Cl)c23)cc1N. The van der Waals surface area contributed by atoms with Crippen molar-refractivity contribution in [2.75, 3.05) is 5.73 Å². The molecule has 3 N–H and O–H groups in total. The van der Waals surface area contributed by atoms with Crippen molar-refractivity contribution < 1.29 is 0 Å². The number of nitrogens with two attached hydrogens (primary N) is 1. The molecule has 17 heavy (non-hydrogen) atoms. The zero-order valence-electron chi connectivity index (χ0n) is 9.11. The molecule has 0 saturated heterocycles. The number of nitrogens with one attached hydrogen (secondary N) is 1. The van der Waals surface area contributed by atoms with E-state index in [-0.39, 0.29) is 0 Å². The average molecular weight is 248 g/mol. The van der Waals surface area contributed by atoms with Gasteiger partial charge in [-0.3, -0.25) is 9.78 Å². The number of hydrogen-bond acceptors (Lipinski definition) is 3. The molecule has 0 aliphatic rings. The quantitative estimate of drug-likeness (QED) is 0.692. The molecule has 0 amide bonds. The van der Waals surface area contributed by atoms with E-state index in [0.717, 1.165) is 22.2 Å². The lowest BCUT2D eigenvalue weighted by atomic mass is 10.1. The van der Waals surface area contributed by atoms with Gasteiger partial charge in [0.05, 0.1) is 11.2 Å². The number of H-pyrrole nitrogens is 1. The van der Waals surface area contributed by atoms with Gasteiger partial charge in [-0.05, 0) is 6.07 Å². The molecule has 0 unspecified atom stereocenters. The van der Waals surface area contributed by atoms with Gasteiger partial charge in [-0.1, -0.05) is 23.7 Å². The molecule has 86 valence electrons. The second kappa shape index (κ2) is 3.49. The maximum Gasteiger partial charge on any atom is 0.132 e. The zero-order valence-corrected chi connectivity index (χ0v) is 9.86. The summed E-state index contributed by atoms with van der Waals surface area (Å²) in [6, 6.07) is 7.58. The van der Waals surface area contributed by atoms with E-state index in [1.54, 1.807) is 11.7 Å². The molecule has 0 aliphatic carbocycles. The minimum atomic E-state index is 0.514. The summed E-state index contributed by atoms with van der Waals surface area (Å²) < 4.78 is 1.63. The number of rotatable bonds is 1. The third-order valence-corrected chi connectivity index (χ3v) is 3.00. The molecule has 2 heterocycles. The summed E-state index contributed by atoms with van der Waals surface area (Å²) >= 11 is 6.09. The lowest BCUT2D eigenvalue weighted by molar-refractivity contribution is 0.782. The van der Waals surface area contributed by atoms with Crippen molar-refractivity contribution in [2.24, 2.45) is 7.05 Å². The Labute approximate surface area is 102 Å². The molecule has 6 heteroatoms. The van der Waals surface area contributed by atoms with Crippen LogP contribution in [0.5, 0.6) is 0 Å². The van der Waals surface area contributed by atoms with E-state index in [0.29, 0.717) is 11.0 Å². The van der Waals surface area contributed by atoms with Crippen LogP contribution in [0.25, 0.3) is 22.2 Å². The number of benzene rings is 1. The normalized spacial score (nSPS) is 11.2. The van der Waals surface area contributed by atoms with Gasteiger partial charge in [0.1, 0.15) is 11.0 Å². The monoisotopic (exact) mass is 247 g/mol. The Bertz CT molecular complexity index is 678. The van der Waals surface area contributed by atoms with Crippen molar-refractivity contribution in [3.8, 4) is 11.3 Å². The van der Waals surface area contributed by atoms with Crippen LogP contribution in [0.3, 0.4) is 0 Å². The van der Waals surface area contributed by atoms with Gasteiger partial charge in [0.25, 0.3) is 0 Å². The third-order valence-electron chi connectivity index (χ3n) is 2.73. The Morgan fingerprint density at radius 2 is 2.24 bits per heavy atom. The molecule has 0 aliphatic heterocycles. The highest BCUT2D eigenvalue weighted by atomic mass is 35.5. The lowest BCUT2D eigenvalue weighted by Crippen LogP contribution is -1.96. The summed E-state index contributed by atoms with van der Waals surface area (Å²) in [5, 5.41) is 12.6. The van der Waals surface area contributed by atoms with E-state index in [1.807, 2.05) is 24.3 Å². The van der Waals surface area contributed by atoms with E-state index in [9.17, 15) is 0 Å². The van der Waals surface area contributed by atoms with Crippen molar-refractivity contribution in [3.63, 3.8) is 0 Å². The fourth-order valence-corrected chi connectivity index (χ4v) is 2.10. The van der Waals surface area contributed by atoms with Crippen molar-refractivity contribution in [2.45, 2.75) is 0 Å². The van der Waals surface area contributed by atoms with Crippen LogP contribution >= 0.6 is 11.6 Å².